The molecule has 0 aromatic heterocycles. The van der Waals surface area contributed by atoms with Crippen LogP contribution in [-0.2, 0) is 0 Å². The molecule has 0 fully saturated rings. The summed E-state index contributed by atoms with van der Waals surface area (Å²) in [6.45, 7) is 0. The molecule has 3 rings (SSSR count). The second kappa shape index (κ2) is 4.63. The van der Waals surface area contributed by atoms with Crippen molar-refractivity contribution in [1.29, 1.82) is 0 Å². The van der Waals surface area contributed by atoms with Crippen molar-refractivity contribution in [3.05, 3.63) is 71.8 Å². The lowest BCUT2D eigenvalue weighted by molar-refractivity contribution is 0.447. The Balaban J connectivity index is 2.27. The first-order valence-corrected chi connectivity index (χ1v) is 5.90. The summed E-state index contributed by atoms with van der Waals surface area (Å²) in [5.74, 6) is -4.83. The largest absolute Gasteiger partial charge is 0.206 e. The summed E-state index contributed by atoms with van der Waals surface area (Å²) in [4.78, 5) is 0. The van der Waals surface area contributed by atoms with E-state index in [-0.39, 0.29) is 11.1 Å². The SMILES string of the molecule is Fc1cc(-c2ccc3ccccc3c2F)cc(F)c1F. The van der Waals surface area contributed by atoms with Gasteiger partial charge in [0.15, 0.2) is 17.5 Å². The van der Waals surface area contributed by atoms with Crippen LogP contribution in [0.3, 0.4) is 0 Å². The Hall–Kier alpha value is -2.36. The molecule has 0 radical (unpaired) electrons. The molecule has 0 saturated heterocycles. The van der Waals surface area contributed by atoms with Crippen molar-refractivity contribution in [2.24, 2.45) is 0 Å². The lowest BCUT2D eigenvalue weighted by atomic mass is 10.00. The maximum atomic E-state index is 14.4. The van der Waals surface area contributed by atoms with E-state index in [1.165, 1.54) is 6.07 Å². The van der Waals surface area contributed by atoms with Gasteiger partial charge in [0.2, 0.25) is 0 Å². The quantitative estimate of drug-likeness (QED) is 0.430. The second-order valence-corrected chi connectivity index (χ2v) is 4.40. The number of benzene rings is 3. The van der Waals surface area contributed by atoms with Crippen LogP contribution >= 0.6 is 0 Å². The third kappa shape index (κ3) is 1.93. The summed E-state index contributed by atoms with van der Waals surface area (Å²) >= 11 is 0. The fourth-order valence-corrected chi connectivity index (χ4v) is 2.17. The van der Waals surface area contributed by atoms with Gasteiger partial charge in [-0.3, -0.25) is 0 Å². The molecule has 0 spiro atoms. The molecule has 0 N–H and O–H groups in total. The molecule has 20 heavy (non-hydrogen) atoms. The third-order valence-electron chi connectivity index (χ3n) is 3.16. The van der Waals surface area contributed by atoms with Crippen LogP contribution in [0.25, 0.3) is 21.9 Å². The molecule has 0 aliphatic carbocycles. The summed E-state index contributed by atoms with van der Waals surface area (Å²) in [6.07, 6.45) is 0. The van der Waals surface area contributed by atoms with Crippen LogP contribution in [-0.4, -0.2) is 0 Å². The second-order valence-electron chi connectivity index (χ2n) is 4.40. The van der Waals surface area contributed by atoms with E-state index in [0.717, 1.165) is 12.1 Å². The average molecular weight is 276 g/mol. The molecule has 3 aromatic carbocycles. The van der Waals surface area contributed by atoms with E-state index < -0.39 is 23.3 Å². The first-order chi connectivity index (χ1) is 9.58. The van der Waals surface area contributed by atoms with Crippen LogP contribution in [0.15, 0.2) is 48.5 Å². The maximum Gasteiger partial charge on any atom is 0.194 e. The van der Waals surface area contributed by atoms with Crippen molar-refractivity contribution < 1.29 is 17.6 Å². The lowest BCUT2D eigenvalue weighted by Crippen LogP contribution is -1.94. The minimum Gasteiger partial charge on any atom is -0.206 e. The topological polar surface area (TPSA) is 0 Å². The van der Waals surface area contributed by atoms with E-state index in [1.807, 2.05) is 0 Å². The number of rotatable bonds is 1. The lowest BCUT2D eigenvalue weighted by Gasteiger charge is -2.08. The summed E-state index contributed by atoms with van der Waals surface area (Å²) in [7, 11) is 0. The molecule has 0 bridgehead atoms. The van der Waals surface area contributed by atoms with Crippen molar-refractivity contribution in [2.45, 2.75) is 0 Å². The van der Waals surface area contributed by atoms with Gasteiger partial charge in [0.25, 0.3) is 0 Å². The molecular formula is C16H8F4. The molecule has 0 atom stereocenters. The summed E-state index contributed by atoms with van der Waals surface area (Å²) in [6, 6.07) is 11.4. The third-order valence-corrected chi connectivity index (χ3v) is 3.16. The molecule has 0 amide bonds. The van der Waals surface area contributed by atoms with Crippen LogP contribution in [0.4, 0.5) is 17.6 Å². The molecule has 0 aliphatic heterocycles. The van der Waals surface area contributed by atoms with Gasteiger partial charge >= 0.3 is 0 Å². The van der Waals surface area contributed by atoms with Gasteiger partial charge in [-0.15, -0.1) is 0 Å². The molecule has 0 unspecified atom stereocenters. The van der Waals surface area contributed by atoms with Gasteiger partial charge in [0, 0.05) is 10.9 Å². The molecule has 100 valence electrons. The predicted molar refractivity (Wildman–Crippen MR) is 69.2 cm³/mol. The normalized spacial score (nSPS) is 11.0. The highest BCUT2D eigenvalue weighted by atomic mass is 19.2. The highest BCUT2D eigenvalue weighted by molar-refractivity contribution is 5.88. The van der Waals surface area contributed by atoms with Gasteiger partial charge in [-0.25, -0.2) is 17.6 Å². The molecule has 0 heterocycles. The number of hydrogen-bond donors (Lipinski definition) is 0. The van der Waals surface area contributed by atoms with Gasteiger partial charge in [0.05, 0.1) is 0 Å². The summed E-state index contributed by atoms with van der Waals surface area (Å²) in [5, 5.41) is 1.02. The van der Waals surface area contributed by atoms with Gasteiger partial charge < -0.3 is 0 Å². The van der Waals surface area contributed by atoms with Crippen LogP contribution in [0.5, 0.6) is 0 Å². The molecule has 0 nitrogen and oxygen atoms in total. The summed E-state index contributed by atoms with van der Waals surface area (Å²) in [5.41, 5.74) is -0.00819. The highest BCUT2D eigenvalue weighted by Gasteiger charge is 2.15. The van der Waals surface area contributed by atoms with Crippen molar-refractivity contribution >= 4 is 10.8 Å². The van der Waals surface area contributed by atoms with Crippen molar-refractivity contribution in [3.8, 4) is 11.1 Å². The van der Waals surface area contributed by atoms with E-state index >= 15 is 0 Å². The summed E-state index contributed by atoms with van der Waals surface area (Å²) < 4.78 is 53.8. The monoisotopic (exact) mass is 276 g/mol. The molecular weight excluding hydrogens is 268 g/mol. The Kier molecular flexibility index (Phi) is 2.93. The van der Waals surface area contributed by atoms with E-state index in [1.54, 1.807) is 30.3 Å². The smallest absolute Gasteiger partial charge is 0.194 e. The van der Waals surface area contributed by atoms with Crippen LogP contribution in [0.1, 0.15) is 0 Å². The maximum absolute atomic E-state index is 14.4. The van der Waals surface area contributed by atoms with Gasteiger partial charge in [0.1, 0.15) is 5.82 Å². The zero-order valence-electron chi connectivity index (χ0n) is 10.1. The Labute approximate surface area is 112 Å². The first-order valence-electron chi connectivity index (χ1n) is 5.90. The Morgan fingerprint density at radius 2 is 1.30 bits per heavy atom. The zero-order chi connectivity index (χ0) is 14.3. The van der Waals surface area contributed by atoms with E-state index in [0.29, 0.717) is 10.8 Å². The fraction of sp³-hybridized carbons (Fsp3) is 0. The van der Waals surface area contributed by atoms with E-state index in [4.69, 9.17) is 0 Å². The van der Waals surface area contributed by atoms with Crippen molar-refractivity contribution in [2.75, 3.05) is 0 Å². The van der Waals surface area contributed by atoms with Crippen molar-refractivity contribution in [1.82, 2.24) is 0 Å². The average Bonchev–Trinajstić information content (AvgIpc) is 2.45. The molecule has 3 aromatic rings. The predicted octanol–water partition coefficient (Wildman–Crippen LogP) is 5.06. The van der Waals surface area contributed by atoms with Crippen LogP contribution in [0, 0.1) is 23.3 Å². The minimum absolute atomic E-state index is 0.0292. The minimum atomic E-state index is -1.56. The number of hydrogen-bond acceptors (Lipinski definition) is 0. The Morgan fingerprint density at radius 3 is 2.00 bits per heavy atom. The first kappa shape index (κ1) is 12.7. The fourth-order valence-electron chi connectivity index (χ4n) is 2.17. The van der Waals surface area contributed by atoms with Gasteiger partial charge in [-0.05, 0) is 23.1 Å². The number of fused-ring (bicyclic) bond motifs is 1. The molecule has 4 heteroatoms. The zero-order valence-corrected chi connectivity index (χ0v) is 10.1. The van der Waals surface area contributed by atoms with E-state index in [9.17, 15) is 17.6 Å². The molecule has 0 saturated carbocycles. The van der Waals surface area contributed by atoms with E-state index in [2.05, 4.69) is 0 Å². The van der Waals surface area contributed by atoms with Gasteiger partial charge in [-0.1, -0.05) is 36.4 Å². The van der Waals surface area contributed by atoms with Crippen LogP contribution < -0.4 is 0 Å². The van der Waals surface area contributed by atoms with Crippen molar-refractivity contribution in [3.63, 3.8) is 0 Å². The van der Waals surface area contributed by atoms with Crippen LogP contribution in [0.2, 0.25) is 0 Å². The van der Waals surface area contributed by atoms with Gasteiger partial charge in [-0.2, -0.15) is 0 Å². The highest BCUT2D eigenvalue weighted by Crippen LogP contribution is 2.30. The Morgan fingerprint density at radius 1 is 0.650 bits per heavy atom. The Bertz CT molecular complexity index is 786. The number of halogens is 4. The molecule has 0 aliphatic rings. The standard InChI is InChI=1S/C16H8F4/c17-13-7-10(8-14(18)16(13)20)12-6-5-9-3-1-2-4-11(9)15(12)19/h1-8H.